The van der Waals surface area contributed by atoms with Gasteiger partial charge in [0.05, 0.1) is 12.2 Å². The molecule has 0 aliphatic carbocycles. The zero-order valence-corrected chi connectivity index (χ0v) is 15.8. The van der Waals surface area contributed by atoms with Crippen molar-refractivity contribution in [2.45, 2.75) is 19.6 Å². The highest BCUT2D eigenvalue weighted by atomic mass is 79.9. The molecule has 0 bridgehead atoms. The van der Waals surface area contributed by atoms with E-state index in [-0.39, 0.29) is 11.4 Å². The first-order valence-corrected chi connectivity index (χ1v) is 8.74. The lowest BCUT2D eigenvalue weighted by Gasteiger charge is -2.13. The van der Waals surface area contributed by atoms with Crippen molar-refractivity contribution < 1.29 is 23.1 Å². The molecule has 27 heavy (non-hydrogen) atoms. The van der Waals surface area contributed by atoms with Crippen molar-refractivity contribution in [3.05, 3.63) is 70.6 Å². The minimum atomic E-state index is -1.14. The fourth-order valence-electron chi connectivity index (χ4n) is 2.22. The Balaban J connectivity index is 1.58. The van der Waals surface area contributed by atoms with Crippen LogP contribution in [0.25, 0.3) is 0 Å². The molecule has 0 aliphatic rings. The second kappa shape index (κ2) is 8.17. The molecule has 3 rings (SSSR count). The summed E-state index contributed by atoms with van der Waals surface area (Å²) in [4.78, 5) is 24.3. The molecule has 1 atom stereocenters. The number of carbonyl (C=O) groups is 2. The smallest absolute Gasteiger partial charge is 0.375 e. The molecule has 3 aromatic rings. The van der Waals surface area contributed by atoms with E-state index in [1.165, 1.54) is 25.1 Å². The van der Waals surface area contributed by atoms with E-state index in [1.54, 1.807) is 35.3 Å². The fraction of sp³-hybridized carbons (Fsp3) is 0.167. The molecule has 0 saturated heterocycles. The van der Waals surface area contributed by atoms with E-state index in [2.05, 4.69) is 26.3 Å². The number of esters is 1. The largest absolute Gasteiger partial charge is 0.452 e. The first-order valence-electron chi connectivity index (χ1n) is 7.95. The molecule has 2 heterocycles. The first-order chi connectivity index (χ1) is 12.9. The van der Waals surface area contributed by atoms with Gasteiger partial charge in [0, 0.05) is 16.9 Å². The van der Waals surface area contributed by atoms with Crippen molar-refractivity contribution in [3.8, 4) is 0 Å². The fourth-order valence-corrected chi connectivity index (χ4v) is 2.56. The maximum atomic E-state index is 13.8. The predicted molar refractivity (Wildman–Crippen MR) is 97.6 cm³/mol. The van der Waals surface area contributed by atoms with Crippen LogP contribution >= 0.6 is 15.9 Å². The zero-order valence-electron chi connectivity index (χ0n) is 14.2. The van der Waals surface area contributed by atoms with Crippen molar-refractivity contribution in [1.29, 1.82) is 0 Å². The number of rotatable bonds is 6. The third kappa shape index (κ3) is 4.82. The van der Waals surface area contributed by atoms with Gasteiger partial charge in [-0.15, -0.1) is 0 Å². The van der Waals surface area contributed by atoms with Crippen LogP contribution in [0.15, 0.2) is 57.7 Å². The molecule has 1 unspecified atom stereocenters. The first kappa shape index (κ1) is 18.8. The van der Waals surface area contributed by atoms with Gasteiger partial charge in [0.15, 0.2) is 6.10 Å². The van der Waals surface area contributed by atoms with Gasteiger partial charge >= 0.3 is 5.97 Å². The quantitative estimate of drug-likeness (QED) is 0.597. The van der Waals surface area contributed by atoms with E-state index >= 15 is 0 Å². The monoisotopic (exact) mass is 435 g/mol. The Morgan fingerprint density at radius 3 is 2.89 bits per heavy atom. The van der Waals surface area contributed by atoms with Crippen molar-refractivity contribution in [2.75, 3.05) is 5.32 Å². The van der Waals surface area contributed by atoms with Crippen LogP contribution in [0, 0.1) is 5.82 Å². The summed E-state index contributed by atoms with van der Waals surface area (Å²) in [6.45, 7) is 1.75. The number of nitrogens with one attached hydrogen (secondary N) is 1. The molecule has 7 nitrogen and oxygen atoms in total. The van der Waals surface area contributed by atoms with Crippen molar-refractivity contribution in [1.82, 2.24) is 9.78 Å². The number of hydrogen-bond donors (Lipinski definition) is 1. The number of halogens is 2. The van der Waals surface area contributed by atoms with Crippen LogP contribution in [0.1, 0.15) is 23.2 Å². The van der Waals surface area contributed by atoms with Gasteiger partial charge in [-0.3, -0.25) is 9.48 Å². The van der Waals surface area contributed by atoms with E-state index in [4.69, 9.17) is 9.15 Å². The van der Waals surface area contributed by atoms with E-state index in [0.717, 1.165) is 0 Å². The highest BCUT2D eigenvalue weighted by Gasteiger charge is 2.22. The summed E-state index contributed by atoms with van der Waals surface area (Å²) < 4.78 is 26.5. The Hall–Kier alpha value is -2.94. The van der Waals surface area contributed by atoms with E-state index in [9.17, 15) is 14.0 Å². The predicted octanol–water partition coefficient (Wildman–Crippen LogP) is 3.61. The summed E-state index contributed by atoms with van der Waals surface area (Å²) in [5.41, 5.74) is -0.00870. The van der Waals surface area contributed by atoms with E-state index in [0.29, 0.717) is 16.8 Å². The Morgan fingerprint density at radius 1 is 1.37 bits per heavy atom. The zero-order chi connectivity index (χ0) is 19.4. The average Bonchev–Trinajstić information content (AvgIpc) is 3.29. The van der Waals surface area contributed by atoms with Crippen LogP contribution in [-0.4, -0.2) is 27.8 Å². The number of hydrogen-bond acceptors (Lipinski definition) is 5. The molecule has 0 radical (unpaired) electrons. The standard InChI is InChI=1S/C18H15BrFN3O4/c1-11(17(24)22-15-5-3-12(19)9-14(15)20)26-18(25)16-6-4-13(27-16)10-23-8-2-7-21-23/h2-9,11H,10H2,1H3,(H,22,24). The summed E-state index contributed by atoms with van der Waals surface area (Å²) in [5.74, 6) is -1.58. The number of anilines is 1. The van der Waals surface area contributed by atoms with E-state index < -0.39 is 23.8 Å². The minimum absolute atomic E-state index is 0.00870. The van der Waals surface area contributed by atoms with Gasteiger partial charge < -0.3 is 14.5 Å². The van der Waals surface area contributed by atoms with Gasteiger partial charge in [-0.05, 0) is 43.3 Å². The second-order valence-electron chi connectivity index (χ2n) is 5.63. The normalized spacial score (nSPS) is 11.8. The Morgan fingerprint density at radius 2 is 2.19 bits per heavy atom. The molecule has 0 fully saturated rings. The van der Waals surface area contributed by atoms with Crippen LogP contribution < -0.4 is 5.32 Å². The Labute approximate surface area is 162 Å². The molecule has 140 valence electrons. The maximum Gasteiger partial charge on any atom is 0.375 e. The number of benzene rings is 1. The lowest BCUT2D eigenvalue weighted by Crippen LogP contribution is -2.30. The summed E-state index contributed by atoms with van der Waals surface area (Å²) in [5, 5.41) is 6.42. The van der Waals surface area contributed by atoms with Crippen molar-refractivity contribution >= 4 is 33.5 Å². The van der Waals surface area contributed by atoms with E-state index in [1.807, 2.05) is 0 Å². The van der Waals surface area contributed by atoms with Crippen LogP contribution in [-0.2, 0) is 16.1 Å². The molecule has 9 heteroatoms. The maximum absolute atomic E-state index is 13.8. The molecule has 0 aliphatic heterocycles. The third-order valence-electron chi connectivity index (χ3n) is 3.58. The average molecular weight is 436 g/mol. The molecule has 0 spiro atoms. The van der Waals surface area contributed by atoms with Gasteiger partial charge in [-0.25, -0.2) is 9.18 Å². The Kier molecular flexibility index (Phi) is 5.70. The van der Waals surface area contributed by atoms with Gasteiger partial charge in [0.2, 0.25) is 5.76 Å². The van der Waals surface area contributed by atoms with Crippen LogP contribution in [0.5, 0.6) is 0 Å². The van der Waals surface area contributed by atoms with Crippen molar-refractivity contribution in [3.63, 3.8) is 0 Å². The molecule has 1 amide bonds. The summed E-state index contributed by atoms with van der Waals surface area (Å²) in [6.07, 6.45) is 2.25. The van der Waals surface area contributed by atoms with Crippen LogP contribution in [0.3, 0.4) is 0 Å². The molecule has 2 aromatic heterocycles. The number of amides is 1. The number of nitrogens with zero attached hydrogens (tertiary/aromatic N) is 2. The highest BCUT2D eigenvalue weighted by Crippen LogP contribution is 2.20. The van der Waals surface area contributed by atoms with Crippen LogP contribution in [0.2, 0.25) is 0 Å². The topological polar surface area (TPSA) is 86.4 Å². The SMILES string of the molecule is CC(OC(=O)c1ccc(Cn2cccn2)o1)C(=O)Nc1ccc(Br)cc1F. The molecular formula is C18H15BrFN3O4. The van der Waals surface area contributed by atoms with Gasteiger partial charge in [-0.2, -0.15) is 5.10 Å². The minimum Gasteiger partial charge on any atom is -0.452 e. The molecule has 1 aromatic carbocycles. The Bertz CT molecular complexity index is 955. The highest BCUT2D eigenvalue weighted by molar-refractivity contribution is 9.10. The van der Waals surface area contributed by atoms with Crippen molar-refractivity contribution in [2.24, 2.45) is 0 Å². The summed E-state index contributed by atoms with van der Waals surface area (Å²) in [6, 6.07) is 9.06. The summed E-state index contributed by atoms with van der Waals surface area (Å²) in [7, 11) is 0. The third-order valence-corrected chi connectivity index (χ3v) is 4.08. The number of furan rings is 1. The number of ether oxygens (including phenoxy) is 1. The van der Waals surface area contributed by atoms with Gasteiger partial charge in [0.25, 0.3) is 5.91 Å². The van der Waals surface area contributed by atoms with Gasteiger partial charge in [-0.1, -0.05) is 15.9 Å². The molecular weight excluding hydrogens is 421 g/mol. The van der Waals surface area contributed by atoms with Crippen LogP contribution in [0.4, 0.5) is 10.1 Å². The van der Waals surface area contributed by atoms with Gasteiger partial charge in [0.1, 0.15) is 11.6 Å². The lowest BCUT2D eigenvalue weighted by molar-refractivity contribution is -0.123. The second-order valence-corrected chi connectivity index (χ2v) is 6.55. The number of aromatic nitrogens is 2. The summed E-state index contributed by atoms with van der Waals surface area (Å²) >= 11 is 3.13. The lowest BCUT2D eigenvalue weighted by atomic mass is 10.3. The molecule has 1 N–H and O–H groups in total. The number of carbonyl (C=O) groups excluding carboxylic acids is 2. The molecule has 0 saturated carbocycles.